The van der Waals surface area contributed by atoms with E-state index in [4.69, 9.17) is 4.74 Å². The van der Waals surface area contributed by atoms with Gasteiger partial charge < -0.3 is 9.84 Å². The summed E-state index contributed by atoms with van der Waals surface area (Å²) < 4.78 is 5.34. The molecule has 1 heterocycles. The van der Waals surface area contributed by atoms with Crippen LogP contribution in [-0.2, 0) is 4.74 Å². The smallest absolute Gasteiger partial charge is 0.0849 e. The van der Waals surface area contributed by atoms with Gasteiger partial charge >= 0.3 is 0 Å². The maximum absolute atomic E-state index is 9.31. The second-order valence-electron chi connectivity index (χ2n) is 2.90. The van der Waals surface area contributed by atoms with Gasteiger partial charge in [0.2, 0.25) is 0 Å². The van der Waals surface area contributed by atoms with Crippen LogP contribution in [0.3, 0.4) is 0 Å². The first-order chi connectivity index (χ1) is 4.13. The van der Waals surface area contributed by atoms with Crippen molar-refractivity contribution in [2.45, 2.75) is 39.1 Å². The zero-order valence-corrected chi connectivity index (χ0v) is 6.16. The minimum atomic E-state index is -0.264. The molecule has 4 unspecified atom stereocenters. The molecule has 0 aromatic rings. The normalized spacial score (nSPS) is 52.0. The van der Waals surface area contributed by atoms with Crippen LogP contribution < -0.4 is 0 Å². The first-order valence-corrected chi connectivity index (χ1v) is 3.46. The van der Waals surface area contributed by atoms with E-state index in [9.17, 15) is 5.11 Å². The van der Waals surface area contributed by atoms with Gasteiger partial charge in [0.25, 0.3) is 0 Å². The van der Waals surface area contributed by atoms with E-state index < -0.39 is 0 Å². The van der Waals surface area contributed by atoms with Gasteiger partial charge in [0.1, 0.15) is 0 Å². The summed E-state index contributed by atoms with van der Waals surface area (Å²) in [5, 5.41) is 9.31. The lowest BCUT2D eigenvalue weighted by Gasteiger charge is -2.09. The van der Waals surface area contributed by atoms with Crippen LogP contribution in [-0.4, -0.2) is 23.4 Å². The molecule has 2 heteroatoms. The first kappa shape index (κ1) is 7.03. The van der Waals surface area contributed by atoms with Crippen molar-refractivity contribution in [3.63, 3.8) is 0 Å². The molecule has 0 radical (unpaired) electrons. The van der Waals surface area contributed by atoms with E-state index in [1.165, 1.54) is 0 Å². The molecule has 0 saturated carbocycles. The van der Waals surface area contributed by atoms with Crippen molar-refractivity contribution < 1.29 is 9.84 Å². The van der Waals surface area contributed by atoms with E-state index in [2.05, 4.69) is 0 Å². The second-order valence-corrected chi connectivity index (χ2v) is 2.90. The number of aliphatic hydroxyl groups excluding tert-OH is 1. The quantitative estimate of drug-likeness (QED) is 0.525. The van der Waals surface area contributed by atoms with Crippen LogP contribution in [0.2, 0.25) is 0 Å². The van der Waals surface area contributed by atoms with Crippen LogP contribution in [0.4, 0.5) is 0 Å². The van der Waals surface area contributed by atoms with Crippen LogP contribution in [0.25, 0.3) is 0 Å². The Hall–Kier alpha value is -0.0800. The zero-order valence-electron chi connectivity index (χ0n) is 6.16. The molecule has 0 aliphatic carbocycles. The molecular formula is C7H14O2. The number of aliphatic hydroxyl groups is 1. The Morgan fingerprint density at radius 2 is 1.67 bits per heavy atom. The molecule has 1 fully saturated rings. The largest absolute Gasteiger partial charge is 0.390 e. The monoisotopic (exact) mass is 130 g/mol. The molecule has 0 aromatic heterocycles. The molecule has 1 saturated heterocycles. The molecule has 2 nitrogen and oxygen atoms in total. The van der Waals surface area contributed by atoms with Crippen LogP contribution in [0.5, 0.6) is 0 Å². The van der Waals surface area contributed by atoms with Gasteiger partial charge in [-0.15, -0.1) is 0 Å². The first-order valence-electron chi connectivity index (χ1n) is 3.46. The molecule has 0 aromatic carbocycles. The highest BCUT2D eigenvalue weighted by Gasteiger charge is 2.34. The predicted molar refractivity (Wildman–Crippen MR) is 35.2 cm³/mol. The fourth-order valence-corrected chi connectivity index (χ4v) is 1.25. The van der Waals surface area contributed by atoms with Crippen LogP contribution in [0, 0.1) is 5.92 Å². The highest BCUT2D eigenvalue weighted by Crippen LogP contribution is 2.25. The summed E-state index contributed by atoms with van der Waals surface area (Å²) in [5.41, 5.74) is 0. The fraction of sp³-hybridized carbons (Fsp3) is 1.00. The lowest BCUT2D eigenvalue weighted by Crippen LogP contribution is -2.22. The summed E-state index contributed by atoms with van der Waals surface area (Å²) in [6.45, 7) is 5.92. The Bertz CT molecular complexity index is 91.1. The Kier molecular flexibility index (Phi) is 1.78. The molecule has 1 rings (SSSR count). The molecule has 54 valence electrons. The molecule has 0 amide bonds. The van der Waals surface area contributed by atoms with Crippen LogP contribution in [0.1, 0.15) is 20.8 Å². The predicted octanol–water partition coefficient (Wildman–Crippen LogP) is 0.791. The molecule has 0 bridgehead atoms. The maximum atomic E-state index is 9.31. The summed E-state index contributed by atoms with van der Waals surface area (Å²) in [7, 11) is 0. The summed E-state index contributed by atoms with van der Waals surface area (Å²) in [4.78, 5) is 0. The van der Waals surface area contributed by atoms with Gasteiger partial charge in [-0.2, -0.15) is 0 Å². The highest BCUT2D eigenvalue weighted by molar-refractivity contribution is 4.82. The van der Waals surface area contributed by atoms with Gasteiger partial charge in [-0.1, -0.05) is 6.92 Å². The Labute approximate surface area is 55.8 Å². The van der Waals surface area contributed by atoms with Crippen molar-refractivity contribution in [2.24, 2.45) is 5.92 Å². The van der Waals surface area contributed by atoms with Gasteiger partial charge in [-0.3, -0.25) is 0 Å². The molecule has 1 aliphatic rings. The lowest BCUT2D eigenvalue weighted by molar-refractivity contribution is 0.0287. The van der Waals surface area contributed by atoms with Gasteiger partial charge in [0, 0.05) is 5.92 Å². The summed E-state index contributed by atoms with van der Waals surface area (Å²) >= 11 is 0. The third-order valence-corrected chi connectivity index (χ3v) is 2.19. The molecule has 1 N–H and O–H groups in total. The standard InChI is InChI=1S/C7H14O2/c1-4-5(2)9-6(3)7(4)8/h4-8H,1-3H3. The van der Waals surface area contributed by atoms with E-state index in [0.29, 0.717) is 5.92 Å². The van der Waals surface area contributed by atoms with E-state index in [1.807, 2.05) is 20.8 Å². The summed E-state index contributed by atoms with van der Waals surface area (Å²) in [6.07, 6.45) is -0.0231. The van der Waals surface area contributed by atoms with Crippen molar-refractivity contribution in [3.8, 4) is 0 Å². The second kappa shape index (κ2) is 2.27. The average molecular weight is 130 g/mol. The van der Waals surface area contributed by atoms with E-state index >= 15 is 0 Å². The van der Waals surface area contributed by atoms with Gasteiger partial charge in [0.15, 0.2) is 0 Å². The molecular weight excluding hydrogens is 116 g/mol. The van der Waals surface area contributed by atoms with E-state index in [-0.39, 0.29) is 18.3 Å². The van der Waals surface area contributed by atoms with Crippen LogP contribution >= 0.6 is 0 Å². The Morgan fingerprint density at radius 3 is 1.78 bits per heavy atom. The van der Waals surface area contributed by atoms with Crippen molar-refractivity contribution in [2.75, 3.05) is 0 Å². The molecule has 1 aliphatic heterocycles. The minimum absolute atomic E-state index is 0.0231. The topological polar surface area (TPSA) is 29.5 Å². The van der Waals surface area contributed by atoms with Crippen molar-refractivity contribution in [1.29, 1.82) is 0 Å². The van der Waals surface area contributed by atoms with Crippen molar-refractivity contribution >= 4 is 0 Å². The number of hydrogen-bond acceptors (Lipinski definition) is 2. The number of rotatable bonds is 0. The van der Waals surface area contributed by atoms with Gasteiger partial charge in [0.05, 0.1) is 18.3 Å². The third-order valence-electron chi connectivity index (χ3n) is 2.19. The Balaban J connectivity index is 2.54. The van der Waals surface area contributed by atoms with E-state index in [0.717, 1.165) is 0 Å². The summed E-state index contributed by atoms with van der Waals surface area (Å²) in [6, 6.07) is 0. The van der Waals surface area contributed by atoms with E-state index in [1.54, 1.807) is 0 Å². The number of hydrogen-bond donors (Lipinski definition) is 1. The van der Waals surface area contributed by atoms with Gasteiger partial charge in [-0.25, -0.2) is 0 Å². The van der Waals surface area contributed by atoms with Crippen molar-refractivity contribution in [3.05, 3.63) is 0 Å². The molecule has 4 atom stereocenters. The maximum Gasteiger partial charge on any atom is 0.0849 e. The minimum Gasteiger partial charge on any atom is -0.390 e. The summed E-state index contributed by atoms with van der Waals surface area (Å²) in [5.74, 6) is 0.292. The third kappa shape index (κ3) is 1.10. The SMILES string of the molecule is CC1OC(C)C(O)C1C. The molecule has 0 spiro atoms. The Morgan fingerprint density at radius 1 is 1.11 bits per heavy atom. The van der Waals surface area contributed by atoms with Gasteiger partial charge in [-0.05, 0) is 13.8 Å². The average Bonchev–Trinajstić information content (AvgIpc) is 1.98. The zero-order chi connectivity index (χ0) is 7.02. The van der Waals surface area contributed by atoms with Crippen LogP contribution in [0.15, 0.2) is 0 Å². The molecule has 9 heavy (non-hydrogen) atoms. The lowest BCUT2D eigenvalue weighted by atomic mass is 10.0. The number of ether oxygens (including phenoxy) is 1. The van der Waals surface area contributed by atoms with Crippen molar-refractivity contribution in [1.82, 2.24) is 0 Å². The highest BCUT2D eigenvalue weighted by atomic mass is 16.5. The fourth-order valence-electron chi connectivity index (χ4n) is 1.25.